The number of ether oxygens (including phenoxy) is 2. The minimum atomic E-state index is 0.755. The van der Waals surface area contributed by atoms with Crippen molar-refractivity contribution in [2.24, 2.45) is 0 Å². The van der Waals surface area contributed by atoms with Gasteiger partial charge in [-0.15, -0.1) is 0 Å². The maximum absolute atomic E-state index is 6.11. The van der Waals surface area contributed by atoms with Crippen LogP contribution in [-0.4, -0.2) is 13.2 Å². The molecule has 0 aliphatic carbocycles. The van der Waals surface area contributed by atoms with Crippen LogP contribution in [0.3, 0.4) is 0 Å². The molecule has 136 valence electrons. The van der Waals surface area contributed by atoms with E-state index in [1.54, 1.807) is 0 Å². The van der Waals surface area contributed by atoms with Gasteiger partial charge in [0.25, 0.3) is 0 Å². The molecule has 0 aliphatic heterocycles. The molecule has 0 heterocycles. The average Bonchev–Trinajstić information content (AvgIpc) is 2.61. The summed E-state index contributed by atoms with van der Waals surface area (Å²) in [5.74, 6) is 1.90. The van der Waals surface area contributed by atoms with Crippen molar-refractivity contribution in [2.75, 3.05) is 13.2 Å². The molecule has 0 N–H and O–H groups in total. The number of aryl methyl sites for hydroxylation is 2. The molecule has 0 aromatic heterocycles. The van der Waals surface area contributed by atoms with Crippen molar-refractivity contribution in [1.82, 2.24) is 0 Å². The molecule has 0 fully saturated rings. The Kier molecular flexibility index (Phi) is 7.84. The molecule has 2 nitrogen and oxygen atoms in total. The number of hydrogen-bond acceptors (Lipinski definition) is 2. The zero-order valence-corrected chi connectivity index (χ0v) is 16.2. The fraction of sp³-hybridized carbons (Fsp3) is 0.478. The largest absolute Gasteiger partial charge is 0.493 e. The van der Waals surface area contributed by atoms with E-state index in [4.69, 9.17) is 9.47 Å². The first-order valence-electron chi connectivity index (χ1n) is 9.63. The molecule has 0 saturated heterocycles. The maximum Gasteiger partial charge on any atom is 0.127 e. The van der Waals surface area contributed by atoms with Gasteiger partial charge in [-0.25, -0.2) is 0 Å². The summed E-state index contributed by atoms with van der Waals surface area (Å²) in [4.78, 5) is 0. The first-order chi connectivity index (χ1) is 12.2. The van der Waals surface area contributed by atoms with Crippen molar-refractivity contribution >= 4 is 0 Å². The molecule has 0 bridgehead atoms. The molecule has 2 heteroatoms. The number of rotatable bonds is 10. The first-order valence-corrected chi connectivity index (χ1v) is 9.63. The van der Waals surface area contributed by atoms with Crippen molar-refractivity contribution in [3.8, 4) is 22.6 Å². The third-order valence-corrected chi connectivity index (χ3v) is 4.32. The Morgan fingerprint density at radius 2 is 1.12 bits per heavy atom. The van der Waals surface area contributed by atoms with E-state index in [0.717, 1.165) is 55.1 Å². The monoisotopic (exact) mass is 340 g/mol. The maximum atomic E-state index is 6.11. The van der Waals surface area contributed by atoms with Crippen LogP contribution in [0.1, 0.15) is 57.1 Å². The van der Waals surface area contributed by atoms with Crippen LogP contribution in [0, 0.1) is 13.8 Å². The lowest BCUT2D eigenvalue weighted by molar-refractivity contribution is 0.304. The first kappa shape index (κ1) is 19.4. The van der Waals surface area contributed by atoms with Gasteiger partial charge >= 0.3 is 0 Å². The van der Waals surface area contributed by atoms with Crippen LogP contribution >= 0.6 is 0 Å². The molecule has 0 saturated carbocycles. The van der Waals surface area contributed by atoms with Crippen molar-refractivity contribution in [1.29, 1.82) is 0 Å². The Balaban J connectivity index is 2.32. The zero-order valence-electron chi connectivity index (χ0n) is 16.2. The van der Waals surface area contributed by atoms with E-state index >= 15 is 0 Å². The third kappa shape index (κ3) is 5.81. The average molecular weight is 341 g/mol. The molecule has 25 heavy (non-hydrogen) atoms. The lowest BCUT2D eigenvalue weighted by Crippen LogP contribution is -2.01. The van der Waals surface area contributed by atoms with E-state index in [-0.39, 0.29) is 0 Å². The van der Waals surface area contributed by atoms with Crippen LogP contribution < -0.4 is 9.47 Å². The predicted octanol–water partition coefficient (Wildman–Crippen LogP) is 6.72. The minimum absolute atomic E-state index is 0.755. The Morgan fingerprint density at radius 3 is 1.60 bits per heavy atom. The molecule has 2 aromatic rings. The van der Waals surface area contributed by atoms with Crippen LogP contribution in [-0.2, 0) is 0 Å². The van der Waals surface area contributed by atoms with Crippen molar-refractivity contribution < 1.29 is 9.47 Å². The van der Waals surface area contributed by atoms with Gasteiger partial charge in [0.05, 0.1) is 13.2 Å². The van der Waals surface area contributed by atoms with Crippen LogP contribution in [0.25, 0.3) is 11.1 Å². The smallest absolute Gasteiger partial charge is 0.127 e. The Bertz CT molecular complexity index is 661. The molecule has 2 aromatic carbocycles. The van der Waals surface area contributed by atoms with Crippen LogP contribution in [0.2, 0.25) is 0 Å². The molecule has 0 atom stereocenters. The van der Waals surface area contributed by atoms with Gasteiger partial charge in [-0.1, -0.05) is 56.4 Å². The predicted molar refractivity (Wildman–Crippen MR) is 107 cm³/mol. The van der Waals surface area contributed by atoms with Gasteiger partial charge in [-0.05, 0) is 51.0 Å². The Labute approximate surface area is 153 Å². The Hall–Kier alpha value is -1.96. The van der Waals surface area contributed by atoms with Crippen molar-refractivity contribution in [3.63, 3.8) is 0 Å². The highest BCUT2D eigenvalue weighted by atomic mass is 16.5. The minimum Gasteiger partial charge on any atom is -0.493 e. The van der Waals surface area contributed by atoms with E-state index in [9.17, 15) is 0 Å². The molecule has 0 amide bonds. The summed E-state index contributed by atoms with van der Waals surface area (Å²) in [6.07, 6.45) is 5.71. The van der Waals surface area contributed by atoms with Crippen LogP contribution in [0.4, 0.5) is 0 Å². The lowest BCUT2D eigenvalue weighted by Gasteiger charge is -2.17. The summed E-state index contributed by atoms with van der Waals surface area (Å²) in [5, 5.41) is 0. The SMILES string of the molecule is CCCCCOc1ccc(C)cc1-c1cc(C)ccc1OCCCC. The van der Waals surface area contributed by atoms with Gasteiger partial charge in [0.15, 0.2) is 0 Å². The zero-order chi connectivity index (χ0) is 18.1. The quantitative estimate of drug-likeness (QED) is 0.447. The molecule has 2 rings (SSSR count). The normalized spacial score (nSPS) is 10.7. The molecule has 0 unspecified atom stereocenters. The van der Waals surface area contributed by atoms with E-state index in [1.165, 1.54) is 24.0 Å². The summed E-state index contributed by atoms with van der Waals surface area (Å²) in [7, 11) is 0. The topological polar surface area (TPSA) is 18.5 Å². The van der Waals surface area contributed by atoms with Crippen molar-refractivity contribution in [3.05, 3.63) is 47.5 Å². The second-order valence-corrected chi connectivity index (χ2v) is 6.76. The van der Waals surface area contributed by atoms with E-state index in [2.05, 4.69) is 64.1 Å². The third-order valence-electron chi connectivity index (χ3n) is 4.32. The molecule has 0 spiro atoms. The summed E-state index contributed by atoms with van der Waals surface area (Å²) in [5.41, 5.74) is 4.73. The molecular formula is C23H32O2. The fourth-order valence-electron chi connectivity index (χ4n) is 2.82. The summed E-state index contributed by atoms with van der Waals surface area (Å²) in [6, 6.07) is 12.8. The summed E-state index contributed by atoms with van der Waals surface area (Å²) in [6.45, 7) is 10.2. The van der Waals surface area contributed by atoms with E-state index in [1.807, 2.05) is 0 Å². The van der Waals surface area contributed by atoms with Gasteiger partial charge in [-0.2, -0.15) is 0 Å². The van der Waals surface area contributed by atoms with Gasteiger partial charge in [0.1, 0.15) is 11.5 Å². The summed E-state index contributed by atoms with van der Waals surface area (Å²) >= 11 is 0. The standard InChI is InChI=1S/C23H32O2/c1-5-7-9-15-25-23-13-11-19(4)17-21(23)20-16-18(3)10-12-22(20)24-14-8-6-2/h10-13,16-17H,5-9,14-15H2,1-4H3. The molecule has 0 radical (unpaired) electrons. The van der Waals surface area contributed by atoms with Crippen LogP contribution in [0.5, 0.6) is 11.5 Å². The molecular weight excluding hydrogens is 308 g/mol. The van der Waals surface area contributed by atoms with Gasteiger partial charge in [0.2, 0.25) is 0 Å². The van der Waals surface area contributed by atoms with Crippen molar-refractivity contribution in [2.45, 2.75) is 59.8 Å². The van der Waals surface area contributed by atoms with Gasteiger partial charge < -0.3 is 9.47 Å². The highest BCUT2D eigenvalue weighted by molar-refractivity contribution is 5.77. The summed E-state index contributed by atoms with van der Waals surface area (Å²) < 4.78 is 12.2. The Morgan fingerprint density at radius 1 is 0.640 bits per heavy atom. The van der Waals surface area contributed by atoms with Crippen LogP contribution in [0.15, 0.2) is 36.4 Å². The van der Waals surface area contributed by atoms with E-state index in [0.29, 0.717) is 0 Å². The molecule has 0 aliphatic rings. The van der Waals surface area contributed by atoms with E-state index < -0.39 is 0 Å². The second-order valence-electron chi connectivity index (χ2n) is 6.76. The fourth-order valence-corrected chi connectivity index (χ4v) is 2.82. The second kappa shape index (κ2) is 10.1. The number of unbranched alkanes of at least 4 members (excludes halogenated alkanes) is 3. The lowest BCUT2D eigenvalue weighted by atomic mass is 9.99. The highest BCUT2D eigenvalue weighted by Gasteiger charge is 2.13. The highest BCUT2D eigenvalue weighted by Crippen LogP contribution is 2.38. The number of benzene rings is 2. The number of hydrogen-bond donors (Lipinski definition) is 0. The van der Waals surface area contributed by atoms with Gasteiger partial charge in [-0.3, -0.25) is 0 Å². The van der Waals surface area contributed by atoms with Gasteiger partial charge in [0, 0.05) is 11.1 Å².